The first kappa shape index (κ1) is 19.7. The number of likely N-dealkylation sites (tertiary alicyclic amines) is 1. The lowest BCUT2D eigenvalue weighted by Gasteiger charge is -2.29. The van der Waals surface area contributed by atoms with Crippen molar-refractivity contribution in [2.24, 2.45) is 0 Å². The molecular formula is C23H23N5O2S. The lowest BCUT2D eigenvalue weighted by atomic mass is 10.1. The molecule has 0 bridgehead atoms. The van der Waals surface area contributed by atoms with Crippen LogP contribution in [0.3, 0.4) is 0 Å². The predicted octanol–water partition coefficient (Wildman–Crippen LogP) is 4.68. The average Bonchev–Trinajstić information content (AvgIpc) is 3.31. The topological polar surface area (TPSA) is 83.4 Å². The van der Waals surface area contributed by atoms with Gasteiger partial charge in [-0.15, -0.1) is 11.3 Å². The van der Waals surface area contributed by atoms with E-state index in [2.05, 4.69) is 33.3 Å². The highest BCUT2D eigenvalue weighted by atomic mass is 32.1. The molecule has 0 atom stereocenters. The molecule has 7 nitrogen and oxygen atoms in total. The molecule has 2 aromatic carbocycles. The van der Waals surface area contributed by atoms with Crippen LogP contribution < -0.4 is 10.1 Å². The molecule has 2 aromatic heterocycles. The van der Waals surface area contributed by atoms with Gasteiger partial charge in [0.25, 0.3) is 0 Å². The SMILES string of the molecule is CN1CCC(Oc2cc3nc(Nc4ccc(O)cc4)ncc3cc2-c2nccs2)CC1. The van der Waals surface area contributed by atoms with Crippen LogP contribution in [0.25, 0.3) is 21.5 Å². The summed E-state index contributed by atoms with van der Waals surface area (Å²) in [6.07, 6.45) is 5.81. The summed E-state index contributed by atoms with van der Waals surface area (Å²) in [6.45, 7) is 2.07. The highest BCUT2D eigenvalue weighted by molar-refractivity contribution is 7.13. The van der Waals surface area contributed by atoms with Crippen LogP contribution in [-0.4, -0.2) is 51.2 Å². The van der Waals surface area contributed by atoms with Crippen molar-refractivity contribution in [2.75, 3.05) is 25.5 Å². The fraction of sp³-hybridized carbons (Fsp3) is 0.261. The molecule has 2 N–H and O–H groups in total. The third kappa shape index (κ3) is 4.45. The van der Waals surface area contributed by atoms with Crippen LogP contribution in [-0.2, 0) is 0 Å². The normalized spacial score (nSPS) is 15.3. The number of benzene rings is 2. The predicted molar refractivity (Wildman–Crippen MR) is 123 cm³/mol. The minimum Gasteiger partial charge on any atom is -0.508 e. The number of aromatic nitrogens is 3. The van der Waals surface area contributed by atoms with E-state index in [4.69, 9.17) is 9.72 Å². The minimum atomic E-state index is 0.184. The first-order valence-corrected chi connectivity index (χ1v) is 11.1. The molecular weight excluding hydrogens is 410 g/mol. The van der Waals surface area contributed by atoms with Crippen LogP contribution in [0.15, 0.2) is 54.2 Å². The molecule has 3 heterocycles. The van der Waals surface area contributed by atoms with Crippen molar-refractivity contribution in [2.45, 2.75) is 18.9 Å². The van der Waals surface area contributed by atoms with Crippen LogP contribution in [0.4, 0.5) is 11.6 Å². The van der Waals surface area contributed by atoms with Crippen LogP contribution >= 0.6 is 11.3 Å². The van der Waals surface area contributed by atoms with Crippen molar-refractivity contribution in [1.29, 1.82) is 0 Å². The highest BCUT2D eigenvalue weighted by Gasteiger charge is 2.21. The molecule has 4 aromatic rings. The second-order valence-corrected chi connectivity index (χ2v) is 8.62. The molecule has 0 saturated carbocycles. The average molecular weight is 434 g/mol. The fourth-order valence-electron chi connectivity index (χ4n) is 3.70. The van der Waals surface area contributed by atoms with Gasteiger partial charge in [0.15, 0.2) is 0 Å². The first-order chi connectivity index (χ1) is 15.1. The van der Waals surface area contributed by atoms with E-state index in [1.54, 1.807) is 35.6 Å². The largest absolute Gasteiger partial charge is 0.508 e. The van der Waals surface area contributed by atoms with Gasteiger partial charge in [-0.25, -0.2) is 15.0 Å². The Balaban J connectivity index is 1.49. The van der Waals surface area contributed by atoms with E-state index in [1.807, 2.05) is 23.8 Å². The van der Waals surface area contributed by atoms with Crippen molar-refractivity contribution in [3.63, 3.8) is 0 Å². The Kier molecular flexibility index (Phi) is 5.40. The zero-order valence-corrected chi connectivity index (χ0v) is 18.0. The summed E-state index contributed by atoms with van der Waals surface area (Å²) < 4.78 is 6.47. The second-order valence-electron chi connectivity index (χ2n) is 7.73. The van der Waals surface area contributed by atoms with E-state index < -0.39 is 0 Å². The molecule has 0 amide bonds. The summed E-state index contributed by atoms with van der Waals surface area (Å²) in [5.41, 5.74) is 2.59. The Hall–Kier alpha value is -3.23. The maximum Gasteiger partial charge on any atom is 0.227 e. The van der Waals surface area contributed by atoms with Gasteiger partial charge in [0.1, 0.15) is 22.6 Å². The van der Waals surface area contributed by atoms with Gasteiger partial charge < -0.3 is 20.1 Å². The second kappa shape index (κ2) is 8.49. The third-order valence-corrected chi connectivity index (χ3v) is 6.23. The van der Waals surface area contributed by atoms with E-state index in [9.17, 15) is 5.11 Å². The van der Waals surface area contributed by atoms with Crippen molar-refractivity contribution >= 4 is 33.9 Å². The van der Waals surface area contributed by atoms with E-state index in [0.717, 1.165) is 58.8 Å². The zero-order chi connectivity index (χ0) is 21.2. The summed E-state index contributed by atoms with van der Waals surface area (Å²) >= 11 is 1.59. The van der Waals surface area contributed by atoms with Gasteiger partial charge in [0.2, 0.25) is 5.95 Å². The third-order valence-electron chi connectivity index (χ3n) is 5.43. The Morgan fingerprint density at radius 2 is 1.94 bits per heavy atom. The number of nitrogens with zero attached hydrogens (tertiary/aromatic N) is 4. The van der Waals surface area contributed by atoms with Crippen molar-refractivity contribution in [1.82, 2.24) is 19.9 Å². The number of piperidine rings is 1. The maximum atomic E-state index is 9.47. The molecule has 0 aliphatic carbocycles. The number of anilines is 2. The molecule has 1 aliphatic heterocycles. The quantitative estimate of drug-likeness (QED) is 0.442. The monoisotopic (exact) mass is 433 g/mol. The first-order valence-electron chi connectivity index (χ1n) is 10.3. The van der Waals surface area contributed by atoms with E-state index in [1.165, 1.54) is 0 Å². The molecule has 158 valence electrons. The number of rotatable bonds is 5. The number of aromatic hydroxyl groups is 1. The number of thiazole rings is 1. The van der Waals surface area contributed by atoms with Gasteiger partial charge in [-0.3, -0.25) is 0 Å². The van der Waals surface area contributed by atoms with Gasteiger partial charge in [0, 0.05) is 48.0 Å². The van der Waals surface area contributed by atoms with Crippen molar-refractivity contribution in [3.8, 4) is 22.1 Å². The van der Waals surface area contributed by atoms with Crippen LogP contribution in [0, 0.1) is 0 Å². The van der Waals surface area contributed by atoms with Crippen molar-refractivity contribution < 1.29 is 9.84 Å². The molecule has 0 spiro atoms. The van der Waals surface area contributed by atoms with Gasteiger partial charge in [-0.05, 0) is 50.2 Å². The summed E-state index contributed by atoms with van der Waals surface area (Å²) in [4.78, 5) is 16.0. The molecule has 1 saturated heterocycles. The Morgan fingerprint density at radius 1 is 1.13 bits per heavy atom. The summed E-state index contributed by atoms with van der Waals surface area (Å²) in [7, 11) is 2.15. The Labute approximate surface area is 184 Å². The lowest BCUT2D eigenvalue weighted by molar-refractivity contribution is 0.115. The lowest BCUT2D eigenvalue weighted by Crippen LogP contribution is -2.35. The van der Waals surface area contributed by atoms with E-state index >= 15 is 0 Å². The zero-order valence-electron chi connectivity index (χ0n) is 17.2. The Bertz CT molecular complexity index is 1170. The Morgan fingerprint density at radius 3 is 2.68 bits per heavy atom. The summed E-state index contributed by atoms with van der Waals surface area (Å²) in [5.74, 6) is 1.52. The van der Waals surface area contributed by atoms with E-state index in [-0.39, 0.29) is 11.9 Å². The van der Waals surface area contributed by atoms with Gasteiger partial charge >= 0.3 is 0 Å². The number of hydrogen-bond donors (Lipinski definition) is 2. The van der Waals surface area contributed by atoms with E-state index in [0.29, 0.717) is 5.95 Å². The van der Waals surface area contributed by atoms with Gasteiger partial charge in [-0.1, -0.05) is 0 Å². The molecule has 1 aliphatic rings. The number of hydrogen-bond acceptors (Lipinski definition) is 8. The number of phenols is 1. The molecule has 8 heteroatoms. The number of phenolic OH excluding ortho intramolecular Hbond substituents is 1. The highest BCUT2D eigenvalue weighted by Crippen LogP contribution is 2.36. The number of nitrogens with one attached hydrogen (secondary N) is 1. The summed E-state index contributed by atoms with van der Waals surface area (Å²) in [6, 6.07) is 10.9. The number of fused-ring (bicyclic) bond motifs is 1. The van der Waals surface area contributed by atoms with Crippen LogP contribution in [0.5, 0.6) is 11.5 Å². The van der Waals surface area contributed by atoms with Crippen LogP contribution in [0.1, 0.15) is 12.8 Å². The maximum absolute atomic E-state index is 9.47. The van der Waals surface area contributed by atoms with Gasteiger partial charge in [-0.2, -0.15) is 0 Å². The standard InChI is InChI=1S/C23H23N5O2S/c1-28-9-6-18(7-10-28)30-21-13-20-15(12-19(21)22-24-8-11-31-22)14-25-23(27-20)26-16-2-4-17(29)5-3-16/h2-5,8,11-14,18,29H,6-7,9-10H2,1H3,(H,25,26,27). The molecule has 1 fully saturated rings. The smallest absolute Gasteiger partial charge is 0.227 e. The molecule has 31 heavy (non-hydrogen) atoms. The molecule has 5 rings (SSSR count). The fourth-order valence-corrected chi connectivity index (χ4v) is 4.36. The molecule has 0 radical (unpaired) electrons. The summed E-state index contributed by atoms with van der Waals surface area (Å²) in [5, 5.41) is 16.5. The van der Waals surface area contributed by atoms with Crippen molar-refractivity contribution in [3.05, 3.63) is 54.2 Å². The van der Waals surface area contributed by atoms with Crippen LogP contribution in [0.2, 0.25) is 0 Å². The molecule has 0 unspecified atom stereocenters. The van der Waals surface area contributed by atoms with Gasteiger partial charge in [0.05, 0.1) is 11.1 Å². The number of ether oxygens (including phenoxy) is 1. The minimum absolute atomic E-state index is 0.184.